The lowest BCUT2D eigenvalue weighted by Gasteiger charge is -2.04. The zero-order valence-electron chi connectivity index (χ0n) is 9.18. The molecule has 0 bridgehead atoms. The average molecular weight is 221 g/mol. The van der Waals surface area contributed by atoms with Gasteiger partial charge in [0.15, 0.2) is 0 Å². The van der Waals surface area contributed by atoms with Gasteiger partial charge in [0.1, 0.15) is 0 Å². The van der Waals surface area contributed by atoms with Crippen molar-refractivity contribution in [2.75, 3.05) is 13.7 Å². The predicted molar refractivity (Wildman–Crippen MR) is 60.4 cm³/mol. The van der Waals surface area contributed by atoms with Crippen molar-refractivity contribution in [1.82, 2.24) is 0 Å². The van der Waals surface area contributed by atoms with Crippen molar-refractivity contribution in [2.45, 2.75) is 6.61 Å². The first-order valence-electron chi connectivity index (χ1n) is 4.88. The number of hydrogen-bond donors (Lipinski definition) is 1. The largest absolute Gasteiger partial charge is 0.466 e. The number of ether oxygens (including phenoxy) is 2. The van der Waals surface area contributed by atoms with E-state index in [1.54, 1.807) is 0 Å². The second-order valence-corrected chi connectivity index (χ2v) is 3.22. The van der Waals surface area contributed by atoms with Crippen LogP contribution in [-0.2, 0) is 20.9 Å². The van der Waals surface area contributed by atoms with Crippen LogP contribution in [0.5, 0.6) is 0 Å². The normalized spacial score (nSPS) is 11.2. The first-order valence-corrected chi connectivity index (χ1v) is 4.88. The number of benzene rings is 1. The third-order valence-electron chi connectivity index (χ3n) is 1.88. The highest BCUT2D eigenvalue weighted by Crippen LogP contribution is 2.01. The van der Waals surface area contributed by atoms with Crippen molar-refractivity contribution in [3.05, 3.63) is 47.7 Å². The Morgan fingerprint density at radius 1 is 1.38 bits per heavy atom. The molecule has 4 nitrogen and oxygen atoms in total. The molecule has 4 heteroatoms. The number of rotatable bonds is 5. The van der Waals surface area contributed by atoms with Gasteiger partial charge in [-0.2, -0.15) is 0 Å². The minimum atomic E-state index is -0.471. The third-order valence-corrected chi connectivity index (χ3v) is 1.88. The van der Waals surface area contributed by atoms with Crippen LogP contribution in [0.25, 0.3) is 0 Å². The molecule has 0 saturated carbocycles. The van der Waals surface area contributed by atoms with E-state index in [0.717, 1.165) is 5.56 Å². The van der Waals surface area contributed by atoms with Crippen LogP contribution in [0.2, 0.25) is 0 Å². The Bertz CT molecular complexity index is 360. The highest BCUT2D eigenvalue weighted by Gasteiger charge is 1.98. The summed E-state index contributed by atoms with van der Waals surface area (Å²) in [6, 6.07) is 9.73. The minimum Gasteiger partial charge on any atom is -0.466 e. The van der Waals surface area contributed by atoms with Crippen molar-refractivity contribution in [2.24, 2.45) is 5.73 Å². The molecule has 0 aliphatic heterocycles. The number of esters is 1. The van der Waals surface area contributed by atoms with E-state index in [1.165, 1.54) is 13.2 Å². The molecule has 0 aliphatic carbocycles. The van der Waals surface area contributed by atoms with Crippen LogP contribution in [0.3, 0.4) is 0 Å². The van der Waals surface area contributed by atoms with Crippen LogP contribution in [0.4, 0.5) is 0 Å². The summed E-state index contributed by atoms with van der Waals surface area (Å²) in [7, 11) is 1.30. The quantitative estimate of drug-likeness (QED) is 0.600. The molecule has 0 fully saturated rings. The number of carbonyl (C=O) groups is 1. The van der Waals surface area contributed by atoms with Crippen molar-refractivity contribution in [1.29, 1.82) is 0 Å². The summed E-state index contributed by atoms with van der Waals surface area (Å²) in [5.41, 5.74) is 6.96. The minimum absolute atomic E-state index is 0.212. The second kappa shape index (κ2) is 6.63. The molecule has 16 heavy (non-hydrogen) atoms. The molecule has 0 atom stereocenters. The molecule has 86 valence electrons. The van der Waals surface area contributed by atoms with Gasteiger partial charge in [-0.3, -0.25) is 0 Å². The number of carbonyl (C=O) groups excluding carboxylic acids is 1. The van der Waals surface area contributed by atoms with Crippen LogP contribution in [0.15, 0.2) is 42.1 Å². The van der Waals surface area contributed by atoms with Gasteiger partial charge in [0.2, 0.25) is 0 Å². The average Bonchev–Trinajstić information content (AvgIpc) is 2.30. The smallest absolute Gasteiger partial charge is 0.332 e. The molecule has 1 rings (SSSR count). The maximum Gasteiger partial charge on any atom is 0.332 e. The fourth-order valence-electron chi connectivity index (χ4n) is 1.11. The molecule has 0 aromatic heterocycles. The molecule has 0 heterocycles. The van der Waals surface area contributed by atoms with Gasteiger partial charge in [-0.25, -0.2) is 4.79 Å². The monoisotopic (exact) mass is 221 g/mol. The molecule has 0 unspecified atom stereocenters. The summed E-state index contributed by atoms with van der Waals surface area (Å²) in [5.74, 6) is -0.471. The Balaban J connectivity index is 2.31. The van der Waals surface area contributed by atoms with Crippen LogP contribution in [-0.4, -0.2) is 19.7 Å². The van der Waals surface area contributed by atoms with Crippen molar-refractivity contribution >= 4 is 5.97 Å². The first kappa shape index (κ1) is 12.3. The predicted octanol–water partition coefficient (Wildman–Crippen LogP) is 1.22. The van der Waals surface area contributed by atoms with E-state index < -0.39 is 5.97 Å². The number of methoxy groups -OCH3 is 1. The summed E-state index contributed by atoms with van der Waals surface area (Å²) >= 11 is 0. The number of nitrogens with two attached hydrogens (primary N) is 1. The van der Waals surface area contributed by atoms with Crippen molar-refractivity contribution < 1.29 is 14.3 Å². The molecule has 0 radical (unpaired) electrons. The van der Waals surface area contributed by atoms with E-state index in [0.29, 0.717) is 12.3 Å². The lowest BCUT2D eigenvalue weighted by atomic mass is 10.2. The van der Waals surface area contributed by atoms with Gasteiger partial charge in [-0.05, 0) is 5.56 Å². The third kappa shape index (κ3) is 4.61. The highest BCUT2D eigenvalue weighted by molar-refractivity contribution is 5.82. The van der Waals surface area contributed by atoms with E-state index in [9.17, 15) is 4.79 Å². The van der Waals surface area contributed by atoms with Gasteiger partial charge >= 0.3 is 5.97 Å². The maximum atomic E-state index is 10.8. The van der Waals surface area contributed by atoms with Crippen LogP contribution in [0.1, 0.15) is 5.56 Å². The van der Waals surface area contributed by atoms with Gasteiger partial charge in [0.05, 0.1) is 20.3 Å². The van der Waals surface area contributed by atoms with Gasteiger partial charge in [0.25, 0.3) is 0 Å². The molecule has 1 aromatic carbocycles. The Hall–Kier alpha value is -1.81. The van der Waals surface area contributed by atoms with Gasteiger partial charge < -0.3 is 15.2 Å². The van der Waals surface area contributed by atoms with E-state index in [1.807, 2.05) is 30.3 Å². The Morgan fingerprint density at radius 2 is 2.06 bits per heavy atom. The summed E-state index contributed by atoms with van der Waals surface area (Å²) in [4.78, 5) is 10.8. The Kier molecular flexibility index (Phi) is 5.08. The molecule has 0 amide bonds. The van der Waals surface area contributed by atoms with Gasteiger partial charge in [-0.1, -0.05) is 30.3 Å². The van der Waals surface area contributed by atoms with E-state index in [4.69, 9.17) is 10.5 Å². The lowest BCUT2D eigenvalue weighted by Crippen LogP contribution is -2.10. The van der Waals surface area contributed by atoms with E-state index >= 15 is 0 Å². The molecule has 0 aliphatic rings. The van der Waals surface area contributed by atoms with Crippen LogP contribution < -0.4 is 5.73 Å². The lowest BCUT2D eigenvalue weighted by molar-refractivity contribution is -0.134. The van der Waals surface area contributed by atoms with Crippen molar-refractivity contribution in [3.8, 4) is 0 Å². The Labute approximate surface area is 94.7 Å². The SMILES string of the molecule is COC(=O)/C=C(\N)COCc1ccccc1. The Morgan fingerprint density at radius 3 is 2.69 bits per heavy atom. The highest BCUT2D eigenvalue weighted by atomic mass is 16.5. The summed E-state index contributed by atoms with van der Waals surface area (Å²) in [5, 5.41) is 0. The van der Waals surface area contributed by atoms with Gasteiger partial charge in [-0.15, -0.1) is 0 Å². The summed E-state index contributed by atoms with van der Waals surface area (Å²) < 4.78 is 9.76. The topological polar surface area (TPSA) is 61.5 Å². The molecule has 0 saturated heterocycles. The molecular weight excluding hydrogens is 206 g/mol. The fraction of sp³-hybridized carbons (Fsp3) is 0.250. The van der Waals surface area contributed by atoms with Crippen LogP contribution in [0, 0.1) is 0 Å². The second-order valence-electron chi connectivity index (χ2n) is 3.22. The molecular formula is C12H15NO3. The number of hydrogen-bond acceptors (Lipinski definition) is 4. The van der Waals surface area contributed by atoms with E-state index in [-0.39, 0.29) is 6.61 Å². The zero-order valence-corrected chi connectivity index (χ0v) is 9.18. The standard InChI is InChI=1S/C12H15NO3/c1-15-12(14)7-11(13)9-16-8-10-5-3-2-4-6-10/h2-7H,8-9,13H2,1H3/b11-7-. The maximum absolute atomic E-state index is 10.8. The molecule has 0 spiro atoms. The molecule has 1 aromatic rings. The summed E-state index contributed by atoms with van der Waals surface area (Å²) in [6.45, 7) is 0.681. The zero-order chi connectivity index (χ0) is 11.8. The van der Waals surface area contributed by atoms with Gasteiger partial charge in [0, 0.05) is 11.8 Å². The van der Waals surface area contributed by atoms with Crippen molar-refractivity contribution in [3.63, 3.8) is 0 Å². The molecule has 2 N–H and O–H groups in total. The van der Waals surface area contributed by atoms with Crippen LogP contribution >= 0.6 is 0 Å². The first-order chi connectivity index (χ1) is 7.72. The van der Waals surface area contributed by atoms with E-state index in [2.05, 4.69) is 4.74 Å². The summed E-state index contributed by atoms with van der Waals surface area (Å²) in [6.07, 6.45) is 1.21. The fourth-order valence-corrected chi connectivity index (χ4v) is 1.11.